The summed E-state index contributed by atoms with van der Waals surface area (Å²) in [7, 11) is 1.58. The summed E-state index contributed by atoms with van der Waals surface area (Å²) in [5.74, 6) is 0.854. The molecule has 0 bridgehead atoms. The minimum absolute atomic E-state index is 0.173. The maximum absolute atomic E-state index is 12.4. The molecule has 8 heteroatoms. The highest BCUT2D eigenvalue weighted by Crippen LogP contribution is 2.35. The molecule has 0 saturated carbocycles. The molecule has 0 aromatic heterocycles. The average Bonchev–Trinajstić information content (AvgIpc) is 3.17. The summed E-state index contributed by atoms with van der Waals surface area (Å²) in [5.41, 5.74) is 2.67. The number of aliphatic imine (C=N–C) groups is 1. The Balaban J connectivity index is 1.55. The molecule has 1 aliphatic rings. The lowest BCUT2D eigenvalue weighted by atomic mass is 10.1. The Hall–Kier alpha value is -2.55. The summed E-state index contributed by atoms with van der Waals surface area (Å²) in [6.07, 6.45) is 2.43. The van der Waals surface area contributed by atoms with Gasteiger partial charge in [-0.1, -0.05) is 53.5 Å². The van der Waals surface area contributed by atoms with E-state index in [0.29, 0.717) is 33.7 Å². The van der Waals surface area contributed by atoms with E-state index < -0.39 is 5.97 Å². The smallest absolute Gasteiger partial charge is 0.363 e. The van der Waals surface area contributed by atoms with Crippen molar-refractivity contribution in [2.24, 2.45) is 4.99 Å². The Morgan fingerprint density at radius 1 is 1.06 bits per heavy atom. The lowest BCUT2D eigenvalue weighted by Gasteiger charge is -2.13. The number of cyclic esters (lactones) is 1. The van der Waals surface area contributed by atoms with Gasteiger partial charge in [0.25, 0.3) is 0 Å². The Morgan fingerprint density at radius 2 is 1.85 bits per heavy atom. The van der Waals surface area contributed by atoms with E-state index in [2.05, 4.69) is 39.7 Å². The van der Waals surface area contributed by atoms with Gasteiger partial charge in [-0.2, -0.15) is 0 Å². The minimum Gasteiger partial charge on any atom is -0.493 e. The Bertz CT molecular complexity index is 1260. The summed E-state index contributed by atoms with van der Waals surface area (Å²) in [4.78, 5) is 16.7. The van der Waals surface area contributed by atoms with Crippen LogP contribution < -0.4 is 9.47 Å². The van der Waals surface area contributed by atoms with Crippen molar-refractivity contribution in [1.29, 1.82) is 0 Å². The molecule has 5 nitrogen and oxygen atoms in total. The zero-order valence-corrected chi connectivity index (χ0v) is 21.1. The van der Waals surface area contributed by atoms with E-state index in [1.165, 1.54) is 5.56 Å². The van der Waals surface area contributed by atoms with E-state index in [1.54, 1.807) is 37.5 Å². The molecule has 33 heavy (non-hydrogen) atoms. The predicted molar refractivity (Wildman–Crippen MR) is 138 cm³/mol. The van der Waals surface area contributed by atoms with Crippen LogP contribution in [0.4, 0.5) is 0 Å². The molecular weight excluding hydrogens is 576 g/mol. The second-order valence-electron chi connectivity index (χ2n) is 7.08. The first-order chi connectivity index (χ1) is 15.9. The SMILES string of the molecule is COc1cc(/C=C2\N=C(c3ccc(Cl)c(Cl)c3)OC2=O)cc(I)c1OCCc1ccccc1. The van der Waals surface area contributed by atoms with E-state index in [-0.39, 0.29) is 11.6 Å². The molecule has 4 rings (SSSR count). The molecule has 0 saturated heterocycles. The quantitative estimate of drug-likeness (QED) is 0.177. The molecule has 3 aromatic carbocycles. The van der Waals surface area contributed by atoms with Crippen molar-refractivity contribution < 1.29 is 19.0 Å². The van der Waals surface area contributed by atoms with Crippen molar-refractivity contribution >= 4 is 63.7 Å². The van der Waals surface area contributed by atoms with E-state index in [0.717, 1.165) is 15.6 Å². The normalized spacial score (nSPS) is 14.2. The van der Waals surface area contributed by atoms with Crippen molar-refractivity contribution in [3.05, 3.63) is 96.7 Å². The van der Waals surface area contributed by atoms with E-state index in [4.69, 9.17) is 37.4 Å². The molecule has 0 amide bonds. The lowest BCUT2D eigenvalue weighted by molar-refractivity contribution is -0.129. The fraction of sp³-hybridized carbons (Fsp3) is 0.120. The van der Waals surface area contributed by atoms with Gasteiger partial charge >= 0.3 is 5.97 Å². The van der Waals surface area contributed by atoms with Gasteiger partial charge in [-0.25, -0.2) is 9.79 Å². The molecule has 0 aliphatic carbocycles. The summed E-state index contributed by atoms with van der Waals surface area (Å²) >= 11 is 14.2. The molecule has 3 aromatic rings. The average molecular weight is 594 g/mol. The molecule has 0 unspecified atom stereocenters. The highest BCUT2D eigenvalue weighted by molar-refractivity contribution is 14.1. The molecule has 168 valence electrons. The van der Waals surface area contributed by atoms with Crippen molar-refractivity contribution in [2.45, 2.75) is 6.42 Å². The third kappa shape index (κ3) is 5.69. The van der Waals surface area contributed by atoms with Crippen LogP contribution in [0.1, 0.15) is 16.7 Å². The van der Waals surface area contributed by atoms with Crippen LogP contribution in [0.15, 0.2) is 71.4 Å². The Morgan fingerprint density at radius 3 is 2.58 bits per heavy atom. The number of esters is 1. The van der Waals surface area contributed by atoms with Crippen LogP contribution in [-0.4, -0.2) is 25.6 Å². The second-order valence-corrected chi connectivity index (χ2v) is 9.06. The number of ether oxygens (including phenoxy) is 3. The van der Waals surface area contributed by atoms with E-state index in [9.17, 15) is 4.79 Å². The van der Waals surface area contributed by atoms with Gasteiger partial charge in [-0.05, 0) is 70.1 Å². The molecular formula is C25H18Cl2INO4. The third-order valence-corrected chi connectivity index (χ3v) is 6.36. The van der Waals surface area contributed by atoms with Gasteiger partial charge in [0.15, 0.2) is 17.2 Å². The minimum atomic E-state index is -0.548. The zero-order chi connectivity index (χ0) is 23.4. The van der Waals surface area contributed by atoms with Crippen LogP contribution in [0.3, 0.4) is 0 Å². The number of benzene rings is 3. The van der Waals surface area contributed by atoms with E-state index in [1.807, 2.05) is 24.3 Å². The summed E-state index contributed by atoms with van der Waals surface area (Å²) < 4.78 is 17.7. The maximum atomic E-state index is 12.4. The lowest BCUT2D eigenvalue weighted by Crippen LogP contribution is -2.05. The number of halogens is 3. The molecule has 0 spiro atoms. The van der Waals surface area contributed by atoms with Gasteiger partial charge in [0.2, 0.25) is 5.90 Å². The van der Waals surface area contributed by atoms with Crippen LogP contribution in [0, 0.1) is 3.57 Å². The van der Waals surface area contributed by atoms with Gasteiger partial charge in [0.05, 0.1) is 27.3 Å². The summed E-state index contributed by atoms with van der Waals surface area (Å²) in [5, 5.41) is 0.765. The zero-order valence-electron chi connectivity index (χ0n) is 17.5. The topological polar surface area (TPSA) is 57.1 Å². The summed E-state index contributed by atoms with van der Waals surface area (Å²) in [6.45, 7) is 0.514. The molecule has 0 radical (unpaired) electrons. The Labute approximate surface area is 215 Å². The van der Waals surface area contributed by atoms with Gasteiger partial charge < -0.3 is 14.2 Å². The number of carbonyl (C=O) groups is 1. The molecule has 1 heterocycles. The first kappa shape index (κ1) is 23.6. The van der Waals surface area contributed by atoms with Crippen LogP contribution in [0.25, 0.3) is 6.08 Å². The fourth-order valence-electron chi connectivity index (χ4n) is 3.20. The Kier molecular flexibility index (Phi) is 7.57. The second kappa shape index (κ2) is 10.6. The van der Waals surface area contributed by atoms with Gasteiger partial charge in [-0.3, -0.25) is 0 Å². The van der Waals surface area contributed by atoms with Crippen LogP contribution in [0.5, 0.6) is 11.5 Å². The van der Waals surface area contributed by atoms with Crippen LogP contribution >= 0.6 is 45.8 Å². The van der Waals surface area contributed by atoms with Crippen molar-refractivity contribution in [1.82, 2.24) is 0 Å². The monoisotopic (exact) mass is 593 g/mol. The number of hydrogen-bond donors (Lipinski definition) is 0. The number of nitrogens with zero attached hydrogens (tertiary/aromatic N) is 1. The van der Waals surface area contributed by atoms with Crippen LogP contribution in [-0.2, 0) is 16.0 Å². The van der Waals surface area contributed by atoms with E-state index >= 15 is 0 Å². The van der Waals surface area contributed by atoms with Crippen molar-refractivity contribution in [3.8, 4) is 11.5 Å². The highest BCUT2D eigenvalue weighted by Gasteiger charge is 2.25. The number of hydrogen-bond acceptors (Lipinski definition) is 5. The largest absolute Gasteiger partial charge is 0.493 e. The standard InChI is InChI=1S/C25H18Cl2INO4/c1-31-22-13-16(11-20(28)23(22)32-10-9-15-5-3-2-4-6-15)12-21-25(30)33-24(29-21)17-7-8-18(26)19(27)14-17/h2-8,11-14H,9-10H2,1H3/b21-12-. The molecule has 0 atom stereocenters. The number of methoxy groups -OCH3 is 1. The maximum Gasteiger partial charge on any atom is 0.363 e. The van der Waals surface area contributed by atoms with Crippen molar-refractivity contribution in [3.63, 3.8) is 0 Å². The molecule has 0 N–H and O–H groups in total. The molecule has 0 fully saturated rings. The summed E-state index contributed by atoms with van der Waals surface area (Å²) in [6, 6.07) is 18.7. The van der Waals surface area contributed by atoms with Crippen molar-refractivity contribution in [2.75, 3.05) is 13.7 Å². The molecule has 1 aliphatic heterocycles. The number of carbonyl (C=O) groups excluding carboxylic acids is 1. The first-order valence-corrected chi connectivity index (χ1v) is 11.8. The highest BCUT2D eigenvalue weighted by atomic mass is 127. The fourth-order valence-corrected chi connectivity index (χ4v) is 4.28. The van der Waals surface area contributed by atoms with Gasteiger partial charge in [0, 0.05) is 12.0 Å². The predicted octanol–water partition coefficient (Wildman–Crippen LogP) is 6.57. The third-order valence-electron chi connectivity index (χ3n) is 4.82. The van der Waals surface area contributed by atoms with Gasteiger partial charge in [-0.15, -0.1) is 0 Å². The van der Waals surface area contributed by atoms with Crippen LogP contribution in [0.2, 0.25) is 10.0 Å². The number of rotatable bonds is 7. The van der Waals surface area contributed by atoms with Gasteiger partial charge in [0.1, 0.15) is 0 Å². The first-order valence-electron chi connectivity index (χ1n) is 9.97.